The predicted molar refractivity (Wildman–Crippen MR) is 184 cm³/mol. The van der Waals surface area contributed by atoms with E-state index in [9.17, 15) is 9.59 Å². The number of hydrogen-bond acceptors (Lipinski definition) is 7. The number of carbonyl (C=O) groups is 1. The average Bonchev–Trinajstić information content (AvgIpc) is 3.79. The molecule has 0 aliphatic carbocycles. The highest BCUT2D eigenvalue weighted by atomic mass is 32.1. The number of benzene rings is 3. The monoisotopic (exact) mass is 647 g/mol. The molecular weight excluding hydrogens is 611 g/mol. The highest BCUT2D eigenvalue weighted by Gasteiger charge is 2.37. The maximum Gasteiger partial charge on any atom is 0.338 e. The van der Waals surface area contributed by atoms with Gasteiger partial charge in [-0.1, -0.05) is 72.0 Å². The Balaban J connectivity index is 1.51. The Morgan fingerprint density at radius 2 is 1.87 bits per heavy atom. The van der Waals surface area contributed by atoms with Crippen LogP contribution in [0.1, 0.15) is 53.9 Å². The summed E-state index contributed by atoms with van der Waals surface area (Å²) in [5, 5.41) is 1.84. The van der Waals surface area contributed by atoms with E-state index >= 15 is 0 Å². The van der Waals surface area contributed by atoms with Crippen LogP contribution in [0.3, 0.4) is 0 Å². The summed E-state index contributed by atoms with van der Waals surface area (Å²) in [7, 11) is 1.61. The van der Waals surface area contributed by atoms with Crippen LogP contribution in [-0.4, -0.2) is 41.5 Å². The van der Waals surface area contributed by atoms with Gasteiger partial charge in [0.15, 0.2) is 4.80 Å². The number of methoxy groups -OCH3 is 1. The van der Waals surface area contributed by atoms with Crippen molar-refractivity contribution >= 4 is 39.9 Å². The van der Waals surface area contributed by atoms with Crippen LogP contribution in [0, 0.1) is 13.8 Å². The van der Waals surface area contributed by atoms with Crippen LogP contribution in [0.25, 0.3) is 22.5 Å². The maximum atomic E-state index is 14.6. The Kier molecular flexibility index (Phi) is 8.42. The number of aryl methyl sites for hydroxylation is 1. The fourth-order valence-electron chi connectivity index (χ4n) is 6.84. The fraction of sp³-hybridized carbons (Fsp3) is 0.289. The van der Waals surface area contributed by atoms with Gasteiger partial charge in [0.1, 0.15) is 11.8 Å². The lowest BCUT2D eigenvalue weighted by Crippen LogP contribution is -2.40. The summed E-state index contributed by atoms with van der Waals surface area (Å²) in [6.07, 6.45) is 4.28. The molecule has 3 aromatic carbocycles. The molecule has 240 valence electrons. The van der Waals surface area contributed by atoms with Crippen molar-refractivity contribution in [2.24, 2.45) is 4.99 Å². The van der Waals surface area contributed by atoms with Gasteiger partial charge in [-0.25, -0.2) is 9.79 Å². The van der Waals surface area contributed by atoms with Crippen LogP contribution in [0.5, 0.6) is 5.75 Å². The molecule has 8 nitrogen and oxygen atoms in total. The summed E-state index contributed by atoms with van der Waals surface area (Å²) in [6, 6.07) is 22.7. The molecule has 2 aromatic heterocycles. The van der Waals surface area contributed by atoms with Crippen molar-refractivity contribution in [2.75, 3.05) is 20.3 Å². The number of nitrogens with zero attached hydrogens (tertiary/aromatic N) is 3. The lowest BCUT2D eigenvalue weighted by Gasteiger charge is -2.28. The third-order valence-electron chi connectivity index (χ3n) is 9.11. The second kappa shape index (κ2) is 12.8. The van der Waals surface area contributed by atoms with E-state index in [4.69, 9.17) is 19.2 Å². The molecule has 47 heavy (non-hydrogen) atoms. The van der Waals surface area contributed by atoms with E-state index in [1.165, 1.54) is 11.3 Å². The number of ether oxygens (including phenoxy) is 3. The zero-order valence-corrected chi connectivity index (χ0v) is 27.8. The van der Waals surface area contributed by atoms with Crippen molar-refractivity contribution in [3.63, 3.8) is 0 Å². The Morgan fingerprint density at radius 3 is 2.62 bits per heavy atom. The molecule has 0 bridgehead atoms. The molecule has 0 amide bonds. The highest BCUT2D eigenvalue weighted by Crippen LogP contribution is 2.42. The zero-order valence-electron chi connectivity index (χ0n) is 27.0. The molecule has 9 heteroatoms. The van der Waals surface area contributed by atoms with Crippen molar-refractivity contribution in [3.05, 3.63) is 126 Å². The van der Waals surface area contributed by atoms with E-state index in [2.05, 4.69) is 24.5 Å². The zero-order chi connectivity index (χ0) is 32.7. The lowest BCUT2D eigenvalue weighted by atomic mass is 9.89. The van der Waals surface area contributed by atoms with E-state index < -0.39 is 12.0 Å². The molecular formula is C38H37N3O5S. The highest BCUT2D eigenvalue weighted by molar-refractivity contribution is 7.07. The van der Waals surface area contributed by atoms with Crippen LogP contribution in [-0.2, 0) is 20.8 Å². The van der Waals surface area contributed by atoms with Crippen molar-refractivity contribution < 1.29 is 19.0 Å². The first kappa shape index (κ1) is 30.9. The van der Waals surface area contributed by atoms with E-state index in [1.54, 1.807) is 18.6 Å². The van der Waals surface area contributed by atoms with E-state index in [0.717, 1.165) is 59.3 Å². The largest absolute Gasteiger partial charge is 0.496 e. The quantitative estimate of drug-likeness (QED) is 0.202. The van der Waals surface area contributed by atoms with Gasteiger partial charge in [0, 0.05) is 35.7 Å². The second-order valence-corrected chi connectivity index (χ2v) is 12.9. The smallest absolute Gasteiger partial charge is 0.338 e. The molecule has 0 spiro atoms. The van der Waals surface area contributed by atoms with Crippen LogP contribution < -0.4 is 19.6 Å². The van der Waals surface area contributed by atoms with Crippen molar-refractivity contribution in [2.45, 2.75) is 52.3 Å². The Morgan fingerprint density at radius 1 is 1.09 bits per heavy atom. The average molecular weight is 648 g/mol. The van der Waals surface area contributed by atoms with Crippen LogP contribution in [0.4, 0.5) is 0 Å². The van der Waals surface area contributed by atoms with Gasteiger partial charge in [0.25, 0.3) is 5.56 Å². The maximum absolute atomic E-state index is 14.6. The molecule has 0 saturated carbocycles. The number of aromatic nitrogens is 2. The predicted octanol–water partition coefficient (Wildman–Crippen LogP) is 5.69. The number of fused-ring (bicyclic) bond motifs is 2. The van der Waals surface area contributed by atoms with Crippen molar-refractivity contribution in [1.82, 2.24) is 9.13 Å². The van der Waals surface area contributed by atoms with Gasteiger partial charge in [-0.2, -0.15) is 0 Å². The van der Waals surface area contributed by atoms with Crippen LogP contribution in [0.15, 0.2) is 88.2 Å². The minimum Gasteiger partial charge on any atom is -0.496 e. The summed E-state index contributed by atoms with van der Waals surface area (Å²) >= 11 is 1.32. The molecule has 0 unspecified atom stereocenters. The van der Waals surface area contributed by atoms with Crippen LogP contribution in [0.2, 0.25) is 0 Å². The van der Waals surface area contributed by atoms with Crippen molar-refractivity contribution in [3.8, 4) is 5.75 Å². The van der Waals surface area contributed by atoms with Crippen LogP contribution >= 0.6 is 11.3 Å². The number of rotatable bonds is 8. The molecule has 2 aliphatic rings. The van der Waals surface area contributed by atoms with Gasteiger partial charge in [0.05, 0.1) is 35.6 Å². The van der Waals surface area contributed by atoms with Gasteiger partial charge in [-0.3, -0.25) is 9.36 Å². The van der Waals surface area contributed by atoms with Gasteiger partial charge < -0.3 is 18.8 Å². The Hall–Kier alpha value is -4.73. The molecule has 0 radical (unpaired) electrons. The molecule has 2 atom stereocenters. The molecule has 7 rings (SSSR count). The summed E-state index contributed by atoms with van der Waals surface area (Å²) < 4.78 is 22.0. The number of hydrogen-bond donors (Lipinski definition) is 0. The van der Waals surface area contributed by atoms with Gasteiger partial charge >= 0.3 is 5.97 Å². The standard InChI is InChI=1S/C38H37N3O5S/c1-5-45-37(43)33-34(26-13-7-6-8-14-26)39-38-41(35(33)32-29-16-10-9-12-25(29)17-18-30(32)44-4)36(42)31(47-38)21-27-20-23(2)40(24(27)3)22-28-15-11-19-46-28/h6-10,12-14,16-18,20-21,28,35H,5,11,15,19,22H2,1-4H3/b31-21-/t28-,35+/m0/s1. The summed E-state index contributed by atoms with van der Waals surface area (Å²) in [6.45, 7) is 7.72. The second-order valence-electron chi connectivity index (χ2n) is 11.9. The third-order valence-corrected chi connectivity index (χ3v) is 10.1. The normalized spacial score (nSPS) is 18.0. The Labute approximate surface area is 276 Å². The summed E-state index contributed by atoms with van der Waals surface area (Å²) in [5.74, 6) is 0.0408. The summed E-state index contributed by atoms with van der Waals surface area (Å²) in [5.41, 5.74) is 5.17. The Bertz CT molecular complexity index is 2200. The molecule has 4 heterocycles. The van der Waals surface area contributed by atoms with Gasteiger partial charge in [0.2, 0.25) is 0 Å². The lowest BCUT2D eigenvalue weighted by molar-refractivity contribution is -0.138. The number of carbonyl (C=O) groups excluding carboxylic acids is 1. The molecule has 1 saturated heterocycles. The minimum absolute atomic E-state index is 0.176. The third kappa shape index (κ3) is 5.53. The molecule has 5 aromatic rings. The first-order valence-electron chi connectivity index (χ1n) is 16.0. The summed E-state index contributed by atoms with van der Waals surface area (Å²) in [4.78, 5) is 34.2. The van der Waals surface area contributed by atoms with E-state index in [0.29, 0.717) is 31.9 Å². The minimum atomic E-state index is -0.851. The molecule has 2 aliphatic heterocycles. The van der Waals surface area contributed by atoms with E-state index in [1.807, 2.05) is 72.8 Å². The first-order valence-corrected chi connectivity index (χ1v) is 16.8. The topological polar surface area (TPSA) is 84.0 Å². The molecule has 0 N–H and O–H groups in total. The molecule has 1 fully saturated rings. The first-order chi connectivity index (χ1) is 22.9. The van der Waals surface area contributed by atoms with E-state index in [-0.39, 0.29) is 18.3 Å². The SMILES string of the molecule is CCOC(=O)C1=C(c2ccccc2)N=c2s/c(=C\c3cc(C)n(C[C@@H]4CCCO4)c3C)c(=O)n2[C@@H]1c1c(OC)ccc2ccccc12. The van der Waals surface area contributed by atoms with Crippen molar-refractivity contribution in [1.29, 1.82) is 0 Å². The number of esters is 1. The van der Waals surface area contributed by atoms with Gasteiger partial charge in [-0.05, 0) is 68.2 Å². The van der Waals surface area contributed by atoms with Gasteiger partial charge in [-0.15, -0.1) is 0 Å². The number of thiazole rings is 1. The fourth-order valence-corrected chi connectivity index (χ4v) is 7.83.